The van der Waals surface area contributed by atoms with Crippen LogP contribution in [0.1, 0.15) is 18.4 Å². The van der Waals surface area contributed by atoms with Crippen molar-refractivity contribution in [2.75, 3.05) is 24.2 Å². The second kappa shape index (κ2) is 5.98. The molecule has 0 spiro atoms. The van der Waals surface area contributed by atoms with E-state index in [0.29, 0.717) is 18.7 Å². The van der Waals surface area contributed by atoms with Crippen molar-refractivity contribution in [2.45, 2.75) is 25.8 Å². The van der Waals surface area contributed by atoms with Crippen LogP contribution in [0.2, 0.25) is 0 Å². The van der Waals surface area contributed by atoms with Crippen LogP contribution in [-0.4, -0.2) is 38.7 Å². The monoisotopic (exact) mass is 313 g/mol. The van der Waals surface area contributed by atoms with E-state index < -0.39 is 14.9 Å². The summed E-state index contributed by atoms with van der Waals surface area (Å²) in [5.41, 5.74) is 1.34. The third-order valence-corrected chi connectivity index (χ3v) is 5.18. The van der Waals surface area contributed by atoms with Crippen LogP contribution in [0.15, 0.2) is 18.2 Å². The van der Waals surface area contributed by atoms with Crippen molar-refractivity contribution < 1.29 is 13.3 Å². The van der Waals surface area contributed by atoms with Gasteiger partial charge in [0.2, 0.25) is 10.0 Å². The van der Waals surface area contributed by atoms with Gasteiger partial charge in [-0.2, -0.15) is 0 Å². The van der Waals surface area contributed by atoms with Gasteiger partial charge in [0.25, 0.3) is 5.69 Å². The molecule has 21 heavy (non-hydrogen) atoms. The van der Waals surface area contributed by atoms with Crippen molar-refractivity contribution in [3.05, 3.63) is 33.9 Å². The van der Waals surface area contributed by atoms with Gasteiger partial charge < -0.3 is 4.90 Å². The Labute approximate surface area is 124 Å². The third kappa shape index (κ3) is 3.51. The molecule has 1 atom stereocenters. The molecule has 1 aromatic carbocycles. The Morgan fingerprint density at radius 3 is 2.81 bits per heavy atom. The Kier molecular flexibility index (Phi) is 4.48. The Hall–Kier alpha value is -1.67. The number of nitrogens with one attached hydrogen (secondary N) is 1. The lowest BCUT2D eigenvalue weighted by Crippen LogP contribution is -2.38. The molecule has 0 radical (unpaired) electrons. The van der Waals surface area contributed by atoms with Gasteiger partial charge in [-0.1, -0.05) is 6.07 Å². The van der Waals surface area contributed by atoms with E-state index >= 15 is 0 Å². The third-order valence-electron chi connectivity index (χ3n) is 3.74. The molecule has 2 rings (SSSR count). The molecule has 0 saturated carbocycles. The Bertz CT molecular complexity index is 645. The number of nitrogens with zero attached hydrogens (tertiary/aromatic N) is 2. The Morgan fingerprint density at radius 1 is 1.48 bits per heavy atom. The van der Waals surface area contributed by atoms with E-state index in [1.807, 2.05) is 11.0 Å². The average molecular weight is 313 g/mol. The molecule has 7 nitrogen and oxygen atoms in total. The van der Waals surface area contributed by atoms with E-state index in [0.717, 1.165) is 12.0 Å². The SMILES string of the molecule is CNS(=O)(=O)C[C@@H]1CCCN1c1ccc(C)cc1[N+](=O)[O-]. The van der Waals surface area contributed by atoms with Crippen molar-refractivity contribution in [3.63, 3.8) is 0 Å². The van der Waals surface area contributed by atoms with Crippen molar-refractivity contribution >= 4 is 21.4 Å². The maximum Gasteiger partial charge on any atom is 0.292 e. The molecule has 0 amide bonds. The smallest absolute Gasteiger partial charge is 0.292 e. The van der Waals surface area contributed by atoms with Crippen molar-refractivity contribution in [2.24, 2.45) is 0 Å². The van der Waals surface area contributed by atoms with E-state index in [-0.39, 0.29) is 17.5 Å². The Balaban J connectivity index is 2.34. The lowest BCUT2D eigenvalue weighted by atomic mass is 10.1. The van der Waals surface area contributed by atoms with E-state index in [4.69, 9.17) is 0 Å². The lowest BCUT2D eigenvalue weighted by molar-refractivity contribution is -0.384. The first-order valence-electron chi connectivity index (χ1n) is 6.77. The first kappa shape index (κ1) is 15.7. The summed E-state index contributed by atoms with van der Waals surface area (Å²) in [5.74, 6) is -0.0471. The highest BCUT2D eigenvalue weighted by molar-refractivity contribution is 7.89. The van der Waals surface area contributed by atoms with Crippen LogP contribution in [-0.2, 0) is 10.0 Å². The van der Waals surface area contributed by atoms with E-state index in [9.17, 15) is 18.5 Å². The van der Waals surface area contributed by atoms with Crippen LogP contribution in [0.25, 0.3) is 0 Å². The summed E-state index contributed by atoms with van der Waals surface area (Å²) in [6, 6.07) is 4.81. The van der Waals surface area contributed by atoms with Gasteiger partial charge in [-0.25, -0.2) is 13.1 Å². The fourth-order valence-electron chi connectivity index (χ4n) is 2.69. The Morgan fingerprint density at radius 2 is 2.19 bits per heavy atom. The molecule has 1 aliphatic rings. The van der Waals surface area contributed by atoms with Gasteiger partial charge in [-0.3, -0.25) is 10.1 Å². The molecule has 0 aliphatic carbocycles. The second-order valence-electron chi connectivity index (χ2n) is 5.22. The van der Waals surface area contributed by atoms with Crippen LogP contribution in [0.5, 0.6) is 0 Å². The summed E-state index contributed by atoms with van der Waals surface area (Å²) in [5, 5.41) is 11.2. The number of hydrogen-bond donors (Lipinski definition) is 1. The molecule has 0 unspecified atom stereocenters. The zero-order valence-electron chi connectivity index (χ0n) is 12.1. The minimum Gasteiger partial charge on any atom is -0.362 e. The number of anilines is 1. The molecule has 1 aliphatic heterocycles. The number of nitro benzene ring substituents is 1. The predicted molar refractivity (Wildman–Crippen MR) is 81.0 cm³/mol. The minimum atomic E-state index is -3.35. The lowest BCUT2D eigenvalue weighted by Gasteiger charge is -2.26. The molecule has 1 saturated heterocycles. The molecule has 8 heteroatoms. The van der Waals surface area contributed by atoms with E-state index in [1.165, 1.54) is 13.1 Å². The van der Waals surface area contributed by atoms with Crippen molar-refractivity contribution in [3.8, 4) is 0 Å². The number of rotatable bonds is 5. The first-order valence-corrected chi connectivity index (χ1v) is 8.42. The summed E-state index contributed by atoms with van der Waals surface area (Å²) in [7, 11) is -1.97. The highest BCUT2D eigenvalue weighted by atomic mass is 32.2. The summed E-state index contributed by atoms with van der Waals surface area (Å²) in [4.78, 5) is 12.7. The number of hydrogen-bond acceptors (Lipinski definition) is 5. The summed E-state index contributed by atoms with van der Waals surface area (Å²) in [6.45, 7) is 2.43. The highest BCUT2D eigenvalue weighted by Gasteiger charge is 2.32. The zero-order valence-corrected chi connectivity index (χ0v) is 12.9. The number of sulfonamides is 1. The first-order chi connectivity index (χ1) is 9.84. The van der Waals surface area contributed by atoms with Crippen molar-refractivity contribution in [1.29, 1.82) is 0 Å². The fourth-order valence-corrected chi connectivity index (χ4v) is 3.71. The maximum atomic E-state index is 11.7. The van der Waals surface area contributed by atoms with Gasteiger partial charge in [0.1, 0.15) is 5.69 Å². The molecule has 0 bridgehead atoms. The molecule has 116 valence electrons. The molecule has 1 N–H and O–H groups in total. The van der Waals surface area contributed by atoms with Gasteiger partial charge in [-0.05, 0) is 38.4 Å². The summed E-state index contributed by atoms with van der Waals surface area (Å²) < 4.78 is 25.8. The summed E-state index contributed by atoms with van der Waals surface area (Å²) in [6.07, 6.45) is 1.54. The molecule has 1 aromatic rings. The molecular formula is C13H19N3O4S. The maximum absolute atomic E-state index is 11.7. The summed E-state index contributed by atoms with van der Waals surface area (Å²) >= 11 is 0. The topological polar surface area (TPSA) is 92.6 Å². The predicted octanol–water partition coefficient (Wildman–Crippen LogP) is 1.42. The molecule has 1 fully saturated rings. The normalized spacial score (nSPS) is 19.0. The van der Waals surface area contributed by atoms with Crippen LogP contribution >= 0.6 is 0 Å². The number of nitro groups is 1. The van der Waals surface area contributed by atoms with Gasteiger partial charge in [0, 0.05) is 18.7 Å². The zero-order chi connectivity index (χ0) is 15.6. The van der Waals surface area contributed by atoms with Crippen molar-refractivity contribution in [1.82, 2.24) is 4.72 Å². The fraction of sp³-hybridized carbons (Fsp3) is 0.538. The van der Waals surface area contributed by atoms with Crippen LogP contribution in [0.4, 0.5) is 11.4 Å². The van der Waals surface area contributed by atoms with E-state index in [1.54, 1.807) is 13.0 Å². The number of benzene rings is 1. The van der Waals surface area contributed by atoms with Gasteiger partial charge in [0.15, 0.2) is 0 Å². The van der Waals surface area contributed by atoms with Gasteiger partial charge >= 0.3 is 0 Å². The average Bonchev–Trinajstić information content (AvgIpc) is 2.86. The van der Waals surface area contributed by atoms with Crippen LogP contribution in [0.3, 0.4) is 0 Å². The number of aryl methyl sites for hydroxylation is 1. The molecule has 0 aromatic heterocycles. The standard InChI is InChI=1S/C13H19N3O4S/c1-10-5-6-12(13(8-10)16(17)18)15-7-3-4-11(15)9-21(19,20)14-2/h5-6,8,11,14H,3-4,7,9H2,1-2H3/t11-/m0/s1. The second-order valence-corrected chi connectivity index (χ2v) is 7.20. The van der Waals surface area contributed by atoms with E-state index in [2.05, 4.69) is 4.72 Å². The van der Waals surface area contributed by atoms with Crippen LogP contribution in [0, 0.1) is 17.0 Å². The molecule has 1 heterocycles. The minimum absolute atomic E-state index is 0.0313. The molecular weight excluding hydrogens is 294 g/mol. The van der Waals surface area contributed by atoms with Gasteiger partial charge in [-0.15, -0.1) is 0 Å². The largest absolute Gasteiger partial charge is 0.362 e. The van der Waals surface area contributed by atoms with Gasteiger partial charge in [0.05, 0.1) is 10.7 Å². The quantitative estimate of drug-likeness (QED) is 0.655. The van der Waals surface area contributed by atoms with Crippen LogP contribution < -0.4 is 9.62 Å². The highest BCUT2D eigenvalue weighted by Crippen LogP contribution is 2.34.